The van der Waals surface area contributed by atoms with E-state index in [0.29, 0.717) is 19.2 Å². The topological polar surface area (TPSA) is 95.6 Å². The third kappa shape index (κ3) is 4.18. The maximum atomic E-state index is 13.6. The van der Waals surface area contributed by atoms with E-state index in [1.54, 1.807) is 0 Å². The maximum Gasteiger partial charge on any atom is 0.272 e. The molecule has 2 aromatic rings. The number of benzene rings is 2. The minimum absolute atomic E-state index is 0.000139. The average Bonchev–Trinajstić information content (AvgIpc) is 3.21. The molecule has 0 spiro atoms. The van der Waals surface area contributed by atoms with Crippen LogP contribution < -0.4 is 10.9 Å². The van der Waals surface area contributed by atoms with E-state index in [4.69, 9.17) is 0 Å². The van der Waals surface area contributed by atoms with Gasteiger partial charge in [-0.2, -0.15) is 4.31 Å². The number of sulfonamides is 1. The molecule has 1 fully saturated rings. The lowest BCUT2D eigenvalue weighted by Crippen LogP contribution is -2.42. The molecular formula is C18H17F2N3O4S. The van der Waals surface area contributed by atoms with Crippen LogP contribution in [-0.2, 0) is 10.0 Å². The third-order valence-corrected chi connectivity index (χ3v) is 6.16. The Balaban J connectivity index is 1.70. The van der Waals surface area contributed by atoms with Gasteiger partial charge in [-0.25, -0.2) is 17.2 Å². The maximum absolute atomic E-state index is 13.6. The standard InChI is InChI=1S/C18H17F2N3O4S/c19-13-6-7-15(16(20)11-13)18(25)22-21-17(24)12-4-3-5-14(10-12)28(26,27)23-8-1-2-9-23/h3-7,10-11H,1-2,8-9H2,(H,21,24)(H,22,25). The first-order valence-corrected chi connectivity index (χ1v) is 9.89. The molecule has 2 amide bonds. The average molecular weight is 409 g/mol. The number of rotatable bonds is 4. The van der Waals surface area contributed by atoms with Crippen molar-refractivity contribution < 1.29 is 26.8 Å². The minimum atomic E-state index is -3.70. The van der Waals surface area contributed by atoms with Crippen LogP contribution in [0.3, 0.4) is 0 Å². The van der Waals surface area contributed by atoms with Gasteiger partial charge in [-0.05, 0) is 43.2 Å². The predicted molar refractivity (Wildman–Crippen MR) is 95.7 cm³/mol. The van der Waals surface area contributed by atoms with Crippen LogP contribution in [0.5, 0.6) is 0 Å². The highest BCUT2D eigenvalue weighted by atomic mass is 32.2. The second kappa shape index (κ2) is 8.03. The number of amides is 2. The molecule has 2 aromatic carbocycles. The van der Waals surface area contributed by atoms with Gasteiger partial charge >= 0.3 is 0 Å². The van der Waals surface area contributed by atoms with Gasteiger partial charge in [0.25, 0.3) is 11.8 Å². The van der Waals surface area contributed by atoms with Crippen molar-refractivity contribution in [1.82, 2.24) is 15.2 Å². The lowest BCUT2D eigenvalue weighted by molar-refractivity contribution is 0.0844. The number of carbonyl (C=O) groups excluding carboxylic acids is 2. The van der Waals surface area contributed by atoms with Crippen molar-refractivity contribution >= 4 is 21.8 Å². The van der Waals surface area contributed by atoms with E-state index >= 15 is 0 Å². The van der Waals surface area contributed by atoms with Crippen molar-refractivity contribution in [2.45, 2.75) is 17.7 Å². The second-order valence-electron chi connectivity index (χ2n) is 6.17. The third-order valence-electron chi connectivity index (χ3n) is 4.26. The fourth-order valence-corrected chi connectivity index (χ4v) is 4.37. The van der Waals surface area contributed by atoms with Crippen LogP contribution in [0.25, 0.3) is 0 Å². The summed E-state index contributed by atoms with van der Waals surface area (Å²) in [6.07, 6.45) is 1.57. The Morgan fingerprint density at radius 1 is 0.929 bits per heavy atom. The van der Waals surface area contributed by atoms with Crippen molar-refractivity contribution in [3.8, 4) is 0 Å². The molecule has 3 rings (SSSR count). The lowest BCUT2D eigenvalue weighted by atomic mass is 10.2. The molecule has 0 radical (unpaired) electrons. The molecule has 0 unspecified atom stereocenters. The minimum Gasteiger partial charge on any atom is -0.267 e. The number of nitrogens with zero attached hydrogens (tertiary/aromatic N) is 1. The number of hydrazine groups is 1. The van der Waals surface area contributed by atoms with Gasteiger partial charge in [-0.3, -0.25) is 20.4 Å². The highest BCUT2D eigenvalue weighted by molar-refractivity contribution is 7.89. The summed E-state index contributed by atoms with van der Waals surface area (Å²) in [7, 11) is -3.70. The van der Waals surface area contributed by atoms with Gasteiger partial charge in [-0.15, -0.1) is 0 Å². The molecule has 2 N–H and O–H groups in total. The Hall–Kier alpha value is -2.85. The van der Waals surface area contributed by atoms with Gasteiger partial charge in [0.15, 0.2) is 0 Å². The van der Waals surface area contributed by atoms with Gasteiger partial charge in [-0.1, -0.05) is 6.07 Å². The quantitative estimate of drug-likeness (QED) is 0.753. The molecule has 148 valence electrons. The van der Waals surface area contributed by atoms with Crippen LogP contribution >= 0.6 is 0 Å². The zero-order valence-electron chi connectivity index (χ0n) is 14.6. The zero-order valence-corrected chi connectivity index (χ0v) is 15.4. The van der Waals surface area contributed by atoms with Gasteiger partial charge in [0, 0.05) is 24.7 Å². The molecule has 0 atom stereocenters. The largest absolute Gasteiger partial charge is 0.272 e. The number of hydrogen-bond acceptors (Lipinski definition) is 4. The zero-order chi connectivity index (χ0) is 20.3. The van der Waals surface area contributed by atoms with Crippen molar-refractivity contribution in [3.05, 3.63) is 65.2 Å². The Bertz CT molecular complexity index is 1020. The first-order valence-electron chi connectivity index (χ1n) is 8.45. The van der Waals surface area contributed by atoms with Crippen molar-refractivity contribution in [2.24, 2.45) is 0 Å². The molecule has 1 saturated heterocycles. The Labute approximate surface area is 160 Å². The second-order valence-corrected chi connectivity index (χ2v) is 8.11. The lowest BCUT2D eigenvalue weighted by Gasteiger charge is -2.16. The number of hydrogen-bond donors (Lipinski definition) is 2. The molecule has 0 saturated carbocycles. The SMILES string of the molecule is O=C(NNC(=O)c1ccc(F)cc1F)c1cccc(S(=O)(=O)N2CCCC2)c1. The monoisotopic (exact) mass is 409 g/mol. The summed E-state index contributed by atoms with van der Waals surface area (Å²) < 4.78 is 53.0. The Morgan fingerprint density at radius 3 is 2.29 bits per heavy atom. The first kappa shape index (κ1) is 19.9. The van der Waals surface area contributed by atoms with Crippen LogP contribution in [0, 0.1) is 11.6 Å². The van der Waals surface area contributed by atoms with Gasteiger partial charge in [0.05, 0.1) is 10.5 Å². The predicted octanol–water partition coefficient (Wildman–Crippen LogP) is 1.82. The van der Waals surface area contributed by atoms with E-state index in [2.05, 4.69) is 5.43 Å². The van der Waals surface area contributed by atoms with Gasteiger partial charge in [0.2, 0.25) is 10.0 Å². The number of nitrogens with one attached hydrogen (secondary N) is 2. The summed E-state index contributed by atoms with van der Waals surface area (Å²) in [6, 6.07) is 7.78. The van der Waals surface area contributed by atoms with Crippen LogP contribution in [0.15, 0.2) is 47.4 Å². The summed E-state index contributed by atoms with van der Waals surface area (Å²) in [5, 5.41) is 0. The first-order chi connectivity index (χ1) is 13.3. The van der Waals surface area contributed by atoms with Crippen molar-refractivity contribution in [3.63, 3.8) is 0 Å². The fourth-order valence-electron chi connectivity index (χ4n) is 2.80. The van der Waals surface area contributed by atoms with Gasteiger partial charge in [0.1, 0.15) is 11.6 Å². The van der Waals surface area contributed by atoms with Crippen molar-refractivity contribution in [1.29, 1.82) is 0 Å². The van der Waals surface area contributed by atoms with E-state index in [9.17, 15) is 26.8 Å². The Kier molecular flexibility index (Phi) is 5.71. The fraction of sp³-hybridized carbons (Fsp3) is 0.222. The number of carbonyl (C=O) groups is 2. The summed E-state index contributed by atoms with van der Waals surface area (Å²) >= 11 is 0. The van der Waals surface area contributed by atoms with Gasteiger partial charge < -0.3 is 0 Å². The molecule has 1 aliphatic heterocycles. The highest BCUT2D eigenvalue weighted by Gasteiger charge is 2.27. The molecule has 7 nitrogen and oxygen atoms in total. The molecule has 0 aromatic heterocycles. The highest BCUT2D eigenvalue weighted by Crippen LogP contribution is 2.21. The summed E-state index contributed by atoms with van der Waals surface area (Å²) in [5.41, 5.74) is 3.64. The molecule has 0 aliphatic carbocycles. The molecule has 28 heavy (non-hydrogen) atoms. The molecule has 1 aliphatic rings. The van der Waals surface area contributed by atoms with E-state index in [0.717, 1.165) is 25.0 Å². The van der Waals surface area contributed by atoms with Crippen LogP contribution in [-0.4, -0.2) is 37.6 Å². The van der Waals surface area contributed by atoms with E-state index in [-0.39, 0.29) is 10.5 Å². The number of halogens is 2. The van der Waals surface area contributed by atoms with Crippen LogP contribution in [0.1, 0.15) is 33.6 Å². The summed E-state index contributed by atoms with van der Waals surface area (Å²) in [5.74, 6) is -3.68. The molecule has 0 bridgehead atoms. The smallest absolute Gasteiger partial charge is 0.267 e. The Morgan fingerprint density at radius 2 is 1.61 bits per heavy atom. The molecule has 10 heteroatoms. The summed E-state index contributed by atoms with van der Waals surface area (Å²) in [4.78, 5) is 24.1. The van der Waals surface area contributed by atoms with E-state index < -0.39 is 39.0 Å². The normalized spacial score (nSPS) is 14.6. The van der Waals surface area contributed by atoms with Crippen LogP contribution in [0.4, 0.5) is 8.78 Å². The van der Waals surface area contributed by atoms with E-state index in [1.165, 1.54) is 28.6 Å². The van der Waals surface area contributed by atoms with E-state index in [1.807, 2.05) is 5.43 Å². The molecular weight excluding hydrogens is 392 g/mol. The summed E-state index contributed by atoms with van der Waals surface area (Å²) in [6.45, 7) is 0.857. The van der Waals surface area contributed by atoms with Crippen LogP contribution in [0.2, 0.25) is 0 Å². The molecule has 1 heterocycles. The van der Waals surface area contributed by atoms with Crippen molar-refractivity contribution in [2.75, 3.05) is 13.1 Å².